The second-order valence-corrected chi connectivity index (χ2v) is 5.87. The summed E-state index contributed by atoms with van der Waals surface area (Å²) in [6.07, 6.45) is -0.175. The second-order valence-electron chi connectivity index (χ2n) is 5.43. The number of amides is 1. The van der Waals surface area contributed by atoms with Crippen LogP contribution in [0.15, 0.2) is 47.0 Å². The molecule has 1 N–H and O–H groups in total. The number of para-hydroxylation sites is 1. The number of nitrogens with zero attached hydrogens (tertiary/aromatic N) is 2. The summed E-state index contributed by atoms with van der Waals surface area (Å²) < 4.78 is 9.98. The van der Waals surface area contributed by atoms with Crippen LogP contribution in [-0.4, -0.2) is 28.6 Å². The monoisotopic (exact) mass is 389 g/mol. The van der Waals surface area contributed by atoms with Gasteiger partial charge in [-0.05, 0) is 24.3 Å². The highest BCUT2D eigenvalue weighted by molar-refractivity contribution is 6.31. The maximum Gasteiger partial charge on any atom is 0.312 e. The zero-order valence-electron chi connectivity index (χ0n) is 13.7. The number of nitrogens with one attached hydrogen (secondary N) is 1. The Hall–Kier alpha value is -3.46. The number of hydrogen-bond donors (Lipinski definition) is 1. The number of benzene rings is 2. The number of carbonyl (C=O) groups excluding carboxylic acids is 2. The minimum atomic E-state index is -0.723. The molecule has 10 heteroatoms. The Morgan fingerprint density at radius 1 is 1.26 bits per heavy atom. The number of nitro groups is 1. The van der Waals surface area contributed by atoms with Crippen LogP contribution in [0.5, 0.6) is 0 Å². The Labute approximate surface area is 157 Å². The fourth-order valence-corrected chi connectivity index (χ4v) is 2.51. The van der Waals surface area contributed by atoms with Crippen molar-refractivity contribution in [3.63, 3.8) is 0 Å². The lowest BCUT2D eigenvalue weighted by Gasteiger charge is -2.07. The molecule has 0 saturated heterocycles. The number of halogens is 1. The number of anilines is 1. The maximum absolute atomic E-state index is 11.9. The van der Waals surface area contributed by atoms with Gasteiger partial charge in [0.05, 0.1) is 11.3 Å². The molecule has 1 heterocycles. The SMILES string of the molecule is O=C(COC(=O)Cc1noc2ccccc12)Nc1ccc(Cl)cc1[N+](=O)[O-]. The fourth-order valence-electron chi connectivity index (χ4n) is 2.35. The summed E-state index contributed by atoms with van der Waals surface area (Å²) in [5.41, 5.74) is 0.515. The number of aromatic nitrogens is 1. The van der Waals surface area contributed by atoms with Gasteiger partial charge in [-0.2, -0.15) is 0 Å². The molecule has 0 unspecified atom stereocenters. The van der Waals surface area contributed by atoms with Gasteiger partial charge >= 0.3 is 5.97 Å². The lowest BCUT2D eigenvalue weighted by molar-refractivity contribution is -0.383. The molecule has 27 heavy (non-hydrogen) atoms. The highest BCUT2D eigenvalue weighted by atomic mass is 35.5. The Morgan fingerprint density at radius 2 is 2.04 bits per heavy atom. The summed E-state index contributed by atoms with van der Waals surface area (Å²) in [6, 6.07) is 10.8. The molecule has 3 rings (SSSR count). The van der Waals surface area contributed by atoms with E-state index in [2.05, 4.69) is 10.5 Å². The van der Waals surface area contributed by atoms with Gasteiger partial charge in [0.15, 0.2) is 12.2 Å². The van der Waals surface area contributed by atoms with Crippen LogP contribution in [0.4, 0.5) is 11.4 Å². The topological polar surface area (TPSA) is 125 Å². The number of carbonyl (C=O) groups is 2. The van der Waals surface area contributed by atoms with Crippen LogP contribution in [0, 0.1) is 10.1 Å². The van der Waals surface area contributed by atoms with Crippen molar-refractivity contribution in [1.29, 1.82) is 0 Å². The lowest BCUT2D eigenvalue weighted by Crippen LogP contribution is -2.22. The minimum Gasteiger partial charge on any atom is -0.455 e. The van der Waals surface area contributed by atoms with Gasteiger partial charge in [-0.1, -0.05) is 28.9 Å². The number of rotatable bonds is 6. The van der Waals surface area contributed by atoms with Gasteiger partial charge in [-0.3, -0.25) is 19.7 Å². The molecule has 0 aliphatic rings. The molecular weight excluding hydrogens is 378 g/mol. The summed E-state index contributed by atoms with van der Waals surface area (Å²) in [5, 5.41) is 18.0. The van der Waals surface area contributed by atoms with Crippen LogP contribution in [0.1, 0.15) is 5.69 Å². The predicted octanol–water partition coefficient (Wildman–Crippen LogP) is 3.11. The molecule has 0 spiro atoms. The highest BCUT2D eigenvalue weighted by Crippen LogP contribution is 2.27. The normalized spacial score (nSPS) is 10.6. The molecule has 3 aromatic rings. The quantitative estimate of drug-likeness (QED) is 0.390. The van der Waals surface area contributed by atoms with E-state index in [1.807, 2.05) is 0 Å². The first-order valence-corrected chi connectivity index (χ1v) is 8.04. The first kappa shape index (κ1) is 18.3. The van der Waals surface area contributed by atoms with Crippen molar-refractivity contribution in [1.82, 2.24) is 5.16 Å². The Kier molecular flexibility index (Phi) is 5.32. The molecule has 0 aliphatic heterocycles. The van der Waals surface area contributed by atoms with E-state index >= 15 is 0 Å². The van der Waals surface area contributed by atoms with E-state index in [-0.39, 0.29) is 22.8 Å². The number of fused-ring (bicyclic) bond motifs is 1. The lowest BCUT2D eigenvalue weighted by atomic mass is 10.2. The standard InChI is InChI=1S/C17H12ClN3O6/c18-10-5-6-12(14(7-10)21(24)25)19-16(22)9-26-17(23)8-13-11-3-1-2-4-15(11)27-20-13/h1-7H,8-9H2,(H,19,22). The van der Waals surface area contributed by atoms with Crippen molar-refractivity contribution in [3.05, 3.63) is 63.3 Å². The van der Waals surface area contributed by atoms with Gasteiger partial charge in [0, 0.05) is 16.5 Å². The zero-order valence-corrected chi connectivity index (χ0v) is 14.4. The van der Waals surface area contributed by atoms with Crippen LogP contribution in [0.3, 0.4) is 0 Å². The Bertz CT molecular complexity index is 1030. The smallest absolute Gasteiger partial charge is 0.312 e. The molecule has 9 nitrogen and oxygen atoms in total. The molecule has 0 saturated carbocycles. The van der Waals surface area contributed by atoms with Gasteiger partial charge in [-0.15, -0.1) is 0 Å². The third-order valence-corrected chi connectivity index (χ3v) is 3.79. The van der Waals surface area contributed by atoms with E-state index in [1.165, 1.54) is 12.1 Å². The number of esters is 1. The van der Waals surface area contributed by atoms with Crippen molar-refractivity contribution in [2.24, 2.45) is 0 Å². The number of ether oxygens (including phenoxy) is 1. The van der Waals surface area contributed by atoms with Crippen LogP contribution in [0.2, 0.25) is 5.02 Å². The second kappa shape index (κ2) is 7.83. The molecular formula is C17H12ClN3O6. The average Bonchev–Trinajstić information content (AvgIpc) is 3.04. The summed E-state index contributed by atoms with van der Waals surface area (Å²) >= 11 is 5.71. The van der Waals surface area contributed by atoms with Crippen LogP contribution in [-0.2, 0) is 20.7 Å². The van der Waals surface area contributed by atoms with Gasteiger partial charge < -0.3 is 14.6 Å². The summed E-state index contributed by atoms with van der Waals surface area (Å²) in [6.45, 7) is -0.603. The molecule has 0 atom stereocenters. The maximum atomic E-state index is 11.9. The number of hydrogen-bond acceptors (Lipinski definition) is 7. The number of nitro benzene ring substituents is 1. The Balaban J connectivity index is 1.58. The Morgan fingerprint density at radius 3 is 2.81 bits per heavy atom. The molecule has 1 aromatic heterocycles. The van der Waals surface area contributed by atoms with E-state index in [4.69, 9.17) is 20.9 Å². The first-order valence-electron chi connectivity index (χ1n) is 7.67. The predicted molar refractivity (Wildman–Crippen MR) is 95.4 cm³/mol. The highest BCUT2D eigenvalue weighted by Gasteiger charge is 2.18. The van der Waals surface area contributed by atoms with Crippen molar-refractivity contribution in [3.8, 4) is 0 Å². The van der Waals surface area contributed by atoms with E-state index in [0.717, 1.165) is 6.07 Å². The van der Waals surface area contributed by atoms with Gasteiger partial charge in [0.25, 0.3) is 11.6 Å². The summed E-state index contributed by atoms with van der Waals surface area (Å²) in [4.78, 5) is 34.2. The summed E-state index contributed by atoms with van der Waals surface area (Å²) in [7, 11) is 0. The third kappa shape index (κ3) is 4.39. The molecule has 0 aliphatic carbocycles. The average molecular weight is 390 g/mol. The van der Waals surface area contributed by atoms with Crippen LogP contribution >= 0.6 is 11.6 Å². The molecule has 138 valence electrons. The van der Waals surface area contributed by atoms with Crippen molar-refractivity contribution >= 4 is 45.8 Å². The summed E-state index contributed by atoms with van der Waals surface area (Å²) in [5.74, 6) is -1.41. The first-order chi connectivity index (χ1) is 12.9. The van der Waals surface area contributed by atoms with Crippen LogP contribution in [0.25, 0.3) is 11.0 Å². The van der Waals surface area contributed by atoms with E-state index in [0.29, 0.717) is 16.7 Å². The van der Waals surface area contributed by atoms with E-state index < -0.39 is 23.4 Å². The van der Waals surface area contributed by atoms with E-state index in [9.17, 15) is 19.7 Å². The van der Waals surface area contributed by atoms with Crippen molar-refractivity contribution in [2.75, 3.05) is 11.9 Å². The molecule has 1 amide bonds. The van der Waals surface area contributed by atoms with Crippen LogP contribution < -0.4 is 5.32 Å². The zero-order chi connectivity index (χ0) is 19.4. The fraction of sp³-hybridized carbons (Fsp3) is 0.118. The molecule has 2 aromatic carbocycles. The van der Waals surface area contributed by atoms with Gasteiger partial charge in [-0.25, -0.2) is 0 Å². The largest absolute Gasteiger partial charge is 0.455 e. The minimum absolute atomic E-state index is 0.0482. The molecule has 0 fully saturated rings. The third-order valence-electron chi connectivity index (χ3n) is 3.56. The molecule has 0 bridgehead atoms. The van der Waals surface area contributed by atoms with Gasteiger partial charge in [0.2, 0.25) is 0 Å². The van der Waals surface area contributed by atoms with Crippen molar-refractivity contribution in [2.45, 2.75) is 6.42 Å². The van der Waals surface area contributed by atoms with E-state index in [1.54, 1.807) is 24.3 Å². The molecule has 0 radical (unpaired) electrons. The van der Waals surface area contributed by atoms with Crippen molar-refractivity contribution < 1.29 is 23.8 Å². The van der Waals surface area contributed by atoms with Gasteiger partial charge in [0.1, 0.15) is 11.4 Å².